The number of nitrogens with zero attached hydrogens (tertiary/aromatic N) is 3. The zero-order chi connectivity index (χ0) is 11.5. The minimum Gasteiger partial charge on any atom is -0.394 e. The molecule has 4 N–H and O–H groups in total. The molecule has 1 saturated heterocycles. The van der Waals surface area contributed by atoms with Crippen LogP contribution in [0.2, 0.25) is 0 Å². The van der Waals surface area contributed by atoms with Gasteiger partial charge in [-0.2, -0.15) is 0 Å². The third kappa shape index (κ3) is 1.96. The van der Waals surface area contributed by atoms with Crippen molar-refractivity contribution in [1.29, 1.82) is 5.41 Å². The SMILES string of the molecule is N=C(N)c1ccnc(N2CCCC2CO)n1. The molecule has 1 fully saturated rings. The van der Waals surface area contributed by atoms with E-state index in [1.807, 2.05) is 4.90 Å². The maximum absolute atomic E-state index is 9.21. The number of anilines is 1. The number of rotatable bonds is 3. The lowest BCUT2D eigenvalue weighted by Gasteiger charge is -2.22. The fourth-order valence-corrected chi connectivity index (χ4v) is 1.93. The van der Waals surface area contributed by atoms with E-state index in [4.69, 9.17) is 11.1 Å². The number of nitrogens with one attached hydrogen (secondary N) is 1. The molecule has 6 nitrogen and oxygen atoms in total. The first-order chi connectivity index (χ1) is 7.72. The Morgan fingerprint density at radius 3 is 3.19 bits per heavy atom. The number of nitrogens with two attached hydrogens (primary N) is 1. The van der Waals surface area contributed by atoms with Crippen molar-refractivity contribution < 1.29 is 5.11 Å². The molecule has 1 atom stereocenters. The van der Waals surface area contributed by atoms with Gasteiger partial charge in [-0.1, -0.05) is 0 Å². The number of amidine groups is 1. The summed E-state index contributed by atoms with van der Waals surface area (Å²) in [7, 11) is 0. The van der Waals surface area contributed by atoms with Crippen LogP contribution in [0.3, 0.4) is 0 Å². The molecule has 1 aliphatic heterocycles. The zero-order valence-electron chi connectivity index (χ0n) is 8.93. The van der Waals surface area contributed by atoms with Gasteiger partial charge in [0.1, 0.15) is 11.5 Å². The first kappa shape index (κ1) is 10.8. The number of hydrogen-bond donors (Lipinski definition) is 3. The number of aromatic nitrogens is 2. The summed E-state index contributed by atoms with van der Waals surface area (Å²) >= 11 is 0. The van der Waals surface area contributed by atoms with Crippen LogP contribution in [0.1, 0.15) is 18.5 Å². The van der Waals surface area contributed by atoms with Crippen LogP contribution in [-0.4, -0.2) is 40.1 Å². The number of aliphatic hydroxyl groups excluding tert-OH is 1. The molecule has 0 aliphatic carbocycles. The van der Waals surface area contributed by atoms with E-state index in [0.717, 1.165) is 19.4 Å². The zero-order valence-corrected chi connectivity index (χ0v) is 8.93. The van der Waals surface area contributed by atoms with Crippen LogP contribution >= 0.6 is 0 Å². The lowest BCUT2D eigenvalue weighted by molar-refractivity contribution is 0.265. The second-order valence-corrected chi connectivity index (χ2v) is 3.83. The predicted octanol–water partition coefficient (Wildman–Crippen LogP) is -0.278. The molecule has 1 aromatic rings. The molecule has 1 aromatic heterocycles. The minimum absolute atomic E-state index is 0.0663. The van der Waals surface area contributed by atoms with Gasteiger partial charge in [-0.25, -0.2) is 9.97 Å². The second kappa shape index (κ2) is 4.44. The first-order valence-electron chi connectivity index (χ1n) is 5.27. The molecule has 0 aromatic carbocycles. The van der Waals surface area contributed by atoms with Crippen molar-refractivity contribution in [3.05, 3.63) is 18.0 Å². The Bertz CT molecular complexity index is 395. The second-order valence-electron chi connectivity index (χ2n) is 3.83. The lowest BCUT2D eigenvalue weighted by Crippen LogP contribution is -2.33. The Kier molecular flexibility index (Phi) is 3.00. The van der Waals surface area contributed by atoms with Crippen molar-refractivity contribution in [3.8, 4) is 0 Å². The largest absolute Gasteiger partial charge is 0.394 e. The van der Waals surface area contributed by atoms with E-state index in [9.17, 15) is 5.11 Å². The van der Waals surface area contributed by atoms with Gasteiger partial charge < -0.3 is 15.7 Å². The van der Waals surface area contributed by atoms with Crippen LogP contribution in [0.15, 0.2) is 12.3 Å². The molecule has 0 radical (unpaired) electrons. The molecule has 0 saturated carbocycles. The third-order valence-electron chi connectivity index (χ3n) is 2.76. The van der Waals surface area contributed by atoms with Crippen LogP contribution in [0.5, 0.6) is 0 Å². The summed E-state index contributed by atoms with van der Waals surface area (Å²) in [5.41, 5.74) is 5.80. The average Bonchev–Trinajstić information content (AvgIpc) is 2.77. The first-order valence-corrected chi connectivity index (χ1v) is 5.27. The van der Waals surface area contributed by atoms with Gasteiger partial charge in [-0.05, 0) is 18.9 Å². The molecule has 0 amide bonds. The van der Waals surface area contributed by atoms with Gasteiger partial charge in [-0.3, -0.25) is 5.41 Å². The van der Waals surface area contributed by atoms with Crippen molar-refractivity contribution >= 4 is 11.8 Å². The van der Waals surface area contributed by atoms with Crippen molar-refractivity contribution in [2.45, 2.75) is 18.9 Å². The van der Waals surface area contributed by atoms with Gasteiger partial charge in [0.05, 0.1) is 12.6 Å². The quantitative estimate of drug-likeness (QED) is 0.481. The van der Waals surface area contributed by atoms with Gasteiger partial charge in [-0.15, -0.1) is 0 Å². The Hall–Kier alpha value is -1.69. The van der Waals surface area contributed by atoms with Crippen molar-refractivity contribution in [3.63, 3.8) is 0 Å². The molecule has 0 bridgehead atoms. The predicted molar refractivity (Wildman–Crippen MR) is 60.5 cm³/mol. The molecule has 6 heteroatoms. The smallest absolute Gasteiger partial charge is 0.226 e. The summed E-state index contributed by atoms with van der Waals surface area (Å²) in [5.74, 6) is 0.479. The van der Waals surface area contributed by atoms with Gasteiger partial charge >= 0.3 is 0 Å². The molecule has 2 rings (SSSR count). The Balaban J connectivity index is 2.26. The third-order valence-corrected chi connectivity index (χ3v) is 2.76. The molecule has 1 unspecified atom stereocenters. The van der Waals surface area contributed by atoms with E-state index >= 15 is 0 Å². The highest BCUT2D eigenvalue weighted by Gasteiger charge is 2.25. The van der Waals surface area contributed by atoms with E-state index < -0.39 is 0 Å². The summed E-state index contributed by atoms with van der Waals surface area (Å²) in [4.78, 5) is 10.3. The van der Waals surface area contributed by atoms with Gasteiger partial charge in [0.15, 0.2) is 0 Å². The normalized spacial score (nSPS) is 20.1. The summed E-state index contributed by atoms with van der Waals surface area (Å²) in [6.07, 6.45) is 3.56. The van der Waals surface area contributed by atoms with E-state index in [-0.39, 0.29) is 18.5 Å². The van der Waals surface area contributed by atoms with E-state index in [2.05, 4.69) is 9.97 Å². The van der Waals surface area contributed by atoms with E-state index in [1.165, 1.54) is 0 Å². The lowest BCUT2D eigenvalue weighted by atomic mass is 10.2. The Morgan fingerprint density at radius 1 is 1.69 bits per heavy atom. The molecule has 2 heterocycles. The standard InChI is InChI=1S/C10H15N5O/c11-9(12)8-3-4-13-10(14-8)15-5-1-2-7(15)6-16/h3-4,7,16H,1-2,5-6H2,(H3,11,12). The highest BCUT2D eigenvalue weighted by Crippen LogP contribution is 2.21. The van der Waals surface area contributed by atoms with Crippen molar-refractivity contribution in [2.75, 3.05) is 18.1 Å². The molecule has 1 aliphatic rings. The monoisotopic (exact) mass is 221 g/mol. The number of hydrogen-bond acceptors (Lipinski definition) is 5. The molecular weight excluding hydrogens is 206 g/mol. The fourth-order valence-electron chi connectivity index (χ4n) is 1.93. The maximum atomic E-state index is 9.21. The fraction of sp³-hybridized carbons (Fsp3) is 0.500. The van der Waals surface area contributed by atoms with E-state index in [0.29, 0.717) is 11.6 Å². The summed E-state index contributed by atoms with van der Waals surface area (Å²) < 4.78 is 0. The summed E-state index contributed by atoms with van der Waals surface area (Å²) in [6.45, 7) is 0.945. The molecule has 16 heavy (non-hydrogen) atoms. The molecule has 0 spiro atoms. The van der Waals surface area contributed by atoms with Crippen LogP contribution in [0.25, 0.3) is 0 Å². The van der Waals surface area contributed by atoms with Gasteiger partial charge in [0, 0.05) is 12.7 Å². The van der Waals surface area contributed by atoms with Crippen molar-refractivity contribution in [1.82, 2.24) is 9.97 Å². The average molecular weight is 221 g/mol. The topological polar surface area (TPSA) is 99.1 Å². The number of aliphatic hydroxyl groups is 1. The van der Waals surface area contributed by atoms with Crippen LogP contribution in [-0.2, 0) is 0 Å². The highest BCUT2D eigenvalue weighted by atomic mass is 16.3. The Labute approximate surface area is 93.6 Å². The summed E-state index contributed by atoms with van der Waals surface area (Å²) in [6, 6.07) is 1.69. The number of nitrogen functional groups attached to an aromatic ring is 1. The van der Waals surface area contributed by atoms with Crippen LogP contribution in [0.4, 0.5) is 5.95 Å². The minimum atomic E-state index is -0.0663. The van der Waals surface area contributed by atoms with Gasteiger partial charge in [0.25, 0.3) is 0 Å². The van der Waals surface area contributed by atoms with E-state index in [1.54, 1.807) is 12.3 Å². The van der Waals surface area contributed by atoms with Crippen molar-refractivity contribution in [2.24, 2.45) is 5.73 Å². The summed E-state index contributed by atoms with van der Waals surface area (Å²) in [5, 5.41) is 16.5. The van der Waals surface area contributed by atoms with Gasteiger partial charge in [0.2, 0.25) is 5.95 Å². The molecular formula is C10H15N5O. The maximum Gasteiger partial charge on any atom is 0.226 e. The molecule has 86 valence electrons. The van der Waals surface area contributed by atoms with Crippen LogP contribution < -0.4 is 10.6 Å². The van der Waals surface area contributed by atoms with Crippen LogP contribution in [0, 0.1) is 5.41 Å². The highest BCUT2D eigenvalue weighted by molar-refractivity contribution is 5.93. The Morgan fingerprint density at radius 2 is 2.50 bits per heavy atom.